The molecule has 1 amide bonds. The van der Waals surface area contributed by atoms with Gasteiger partial charge in [-0.3, -0.25) is 4.79 Å². The van der Waals surface area contributed by atoms with Crippen molar-refractivity contribution in [1.29, 1.82) is 0 Å². The molecule has 0 aromatic rings. The van der Waals surface area contributed by atoms with Crippen molar-refractivity contribution in [3.05, 3.63) is 0 Å². The van der Waals surface area contributed by atoms with Crippen LogP contribution in [-0.4, -0.2) is 62.5 Å². The molecule has 23 heavy (non-hydrogen) atoms. The number of amides is 1. The standard InChI is InChI=1S/C15H26N2O5S/c1-2-23(19,20)17-8-4-5-12(11-17)14(18)16-13-6-3-7-15(13)21-9-10-22-15/h12-13H,2-11H2,1H3,(H,16,18). The van der Waals surface area contributed by atoms with Gasteiger partial charge in [-0.1, -0.05) is 0 Å². The van der Waals surface area contributed by atoms with E-state index in [0.717, 1.165) is 32.1 Å². The molecule has 7 nitrogen and oxygen atoms in total. The fourth-order valence-corrected chi connectivity index (χ4v) is 5.01. The Bertz CT molecular complexity index is 539. The van der Waals surface area contributed by atoms with Gasteiger partial charge in [0.15, 0.2) is 5.79 Å². The first-order valence-corrected chi connectivity index (χ1v) is 10.1. The number of hydrogen-bond donors (Lipinski definition) is 1. The average molecular weight is 346 g/mol. The molecule has 0 bridgehead atoms. The van der Waals surface area contributed by atoms with E-state index in [4.69, 9.17) is 9.47 Å². The highest BCUT2D eigenvalue weighted by Crippen LogP contribution is 2.37. The zero-order valence-corrected chi connectivity index (χ0v) is 14.4. The number of ether oxygens (including phenoxy) is 2. The predicted octanol–water partition coefficient (Wildman–Crippen LogP) is 0.460. The number of nitrogens with zero attached hydrogens (tertiary/aromatic N) is 1. The Labute approximate surface area is 137 Å². The molecule has 132 valence electrons. The monoisotopic (exact) mass is 346 g/mol. The van der Waals surface area contributed by atoms with Crippen molar-refractivity contribution in [2.75, 3.05) is 32.1 Å². The van der Waals surface area contributed by atoms with E-state index in [9.17, 15) is 13.2 Å². The summed E-state index contributed by atoms with van der Waals surface area (Å²) in [7, 11) is -3.23. The van der Waals surface area contributed by atoms with E-state index >= 15 is 0 Å². The van der Waals surface area contributed by atoms with Crippen molar-refractivity contribution < 1.29 is 22.7 Å². The van der Waals surface area contributed by atoms with Crippen LogP contribution in [0.3, 0.4) is 0 Å². The molecule has 3 fully saturated rings. The van der Waals surface area contributed by atoms with Crippen LogP contribution in [0.1, 0.15) is 39.0 Å². The minimum atomic E-state index is -3.23. The van der Waals surface area contributed by atoms with Gasteiger partial charge in [0.2, 0.25) is 15.9 Å². The lowest BCUT2D eigenvalue weighted by molar-refractivity contribution is -0.170. The van der Waals surface area contributed by atoms with Crippen LogP contribution >= 0.6 is 0 Å². The molecule has 2 aliphatic heterocycles. The lowest BCUT2D eigenvalue weighted by Crippen LogP contribution is -2.53. The topological polar surface area (TPSA) is 84.9 Å². The fourth-order valence-electron chi connectivity index (χ4n) is 3.83. The van der Waals surface area contributed by atoms with Crippen molar-refractivity contribution >= 4 is 15.9 Å². The molecular formula is C15H26N2O5S. The Hall–Kier alpha value is -0.700. The summed E-state index contributed by atoms with van der Waals surface area (Å²) in [5, 5.41) is 3.06. The van der Waals surface area contributed by atoms with E-state index in [-0.39, 0.29) is 30.2 Å². The van der Waals surface area contributed by atoms with Gasteiger partial charge in [-0.25, -0.2) is 12.7 Å². The maximum absolute atomic E-state index is 12.6. The van der Waals surface area contributed by atoms with Gasteiger partial charge in [0.1, 0.15) is 0 Å². The smallest absolute Gasteiger partial charge is 0.224 e. The second kappa shape index (κ2) is 6.66. The molecule has 2 saturated heterocycles. The normalized spacial score (nSPS) is 31.5. The third-order valence-corrected chi connectivity index (χ3v) is 7.00. The number of nitrogens with one attached hydrogen (secondary N) is 1. The lowest BCUT2D eigenvalue weighted by atomic mass is 9.98. The molecule has 1 spiro atoms. The van der Waals surface area contributed by atoms with Crippen LogP contribution in [0.15, 0.2) is 0 Å². The zero-order chi connectivity index (χ0) is 16.5. The lowest BCUT2D eigenvalue weighted by Gasteiger charge is -2.34. The summed E-state index contributed by atoms with van der Waals surface area (Å²) in [6.45, 7) is 3.57. The third kappa shape index (κ3) is 3.40. The average Bonchev–Trinajstić information content (AvgIpc) is 3.19. The molecular weight excluding hydrogens is 320 g/mol. The summed E-state index contributed by atoms with van der Waals surface area (Å²) < 4.78 is 37.0. The Balaban J connectivity index is 1.62. The first-order valence-electron chi connectivity index (χ1n) is 8.53. The third-order valence-electron chi connectivity index (χ3n) is 5.15. The summed E-state index contributed by atoms with van der Waals surface area (Å²) in [4.78, 5) is 12.6. The number of hydrogen-bond acceptors (Lipinski definition) is 5. The molecule has 2 heterocycles. The second-order valence-corrected chi connectivity index (χ2v) is 8.82. The van der Waals surface area contributed by atoms with Crippen molar-refractivity contribution in [3.8, 4) is 0 Å². The molecule has 2 atom stereocenters. The van der Waals surface area contributed by atoms with E-state index in [1.807, 2.05) is 0 Å². The molecule has 8 heteroatoms. The van der Waals surface area contributed by atoms with Gasteiger partial charge in [-0.05, 0) is 32.6 Å². The van der Waals surface area contributed by atoms with Gasteiger partial charge < -0.3 is 14.8 Å². The molecule has 3 aliphatic rings. The maximum atomic E-state index is 12.6. The summed E-state index contributed by atoms with van der Waals surface area (Å²) in [6.07, 6.45) is 4.06. The number of carbonyl (C=O) groups excluding carboxylic acids is 1. The highest BCUT2D eigenvalue weighted by molar-refractivity contribution is 7.89. The molecule has 0 radical (unpaired) electrons. The van der Waals surface area contributed by atoms with Gasteiger partial charge in [-0.15, -0.1) is 0 Å². The van der Waals surface area contributed by atoms with E-state index in [1.165, 1.54) is 4.31 Å². The Kier molecular flexibility index (Phi) is 4.96. The summed E-state index contributed by atoms with van der Waals surface area (Å²) in [6, 6.07) is -0.129. The minimum Gasteiger partial charge on any atom is -0.348 e. The second-order valence-electron chi connectivity index (χ2n) is 6.56. The molecule has 1 aliphatic carbocycles. The zero-order valence-electron chi connectivity index (χ0n) is 13.6. The number of rotatable bonds is 4. The van der Waals surface area contributed by atoms with Crippen LogP contribution in [0.4, 0.5) is 0 Å². The molecule has 2 unspecified atom stereocenters. The quantitative estimate of drug-likeness (QED) is 0.799. The molecule has 1 N–H and O–H groups in total. The van der Waals surface area contributed by atoms with Crippen LogP contribution in [0.2, 0.25) is 0 Å². The first-order chi connectivity index (χ1) is 11.0. The minimum absolute atomic E-state index is 0.0774. The largest absolute Gasteiger partial charge is 0.348 e. The SMILES string of the molecule is CCS(=O)(=O)N1CCCC(C(=O)NC2CCCC23OCCO3)C1. The Morgan fingerprint density at radius 2 is 2.00 bits per heavy atom. The summed E-state index contributed by atoms with van der Waals surface area (Å²) in [5.74, 6) is -0.940. The van der Waals surface area contributed by atoms with E-state index in [0.29, 0.717) is 19.8 Å². The number of piperidine rings is 1. The number of sulfonamides is 1. The Morgan fingerprint density at radius 3 is 2.70 bits per heavy atom. The van der Waals surface area contributed by atoms with Crippen molar-refractivity contribution in [2.24, 2.45) is 5.92 Å². The molecule has 0 aromatic carbocycles. The van der Waals surface area contributed by atoms with Gasteiger partial charge in [0, 0.05) is 19.5 Å². The van der Waals surface area contributed by atoms with E-state index in [2.05, 4.69) is 5.32 Å². The Morgan fingerprint density at radius 1 is 1.26 bits per heavy atom. The summed E-state index contributed by atoms with van der Waals surface area (Å²) in [5.41, 5.74) is 0. The van der Waals surface area contributed by atoms with Crippen LogP contribution in [0.25, 0.3) is 0 Å². The molecule has 3 rings (SSSR count). The molecule has 0 aromatic heterocycles. The number of carbonyl (C=O) groups is 1. The van der Waals surface area contributed by atoms with Gasteiger partial charge in [-0.2, -0.15) is 0 Å². The van der Waals surface area contributed by atoms with Crippen LogP contribution in [0.5, 0.6) is 0 Å². The maximum Gasteiger partial charge on any atom is 0.224 e. The van der Waals surface area contributed by atoms with Gasteiger partial charge in [0.25, 0.3) is 0 Å². The predicted molar refractivity (Wildman–Crippen MR) is 84.2 cm³/mol. The van der Waals surface area contributed by atoms with Crippen LogP contribution in [0, 0.1) is 5.92 Å². The fraction of sp³-hybridized carbons (Fsp3) is 0.933. The first kappa shape index (κ1) is 17.1. The van der Waals surface area contributed by atoms with Crippen molar-refractivity contribution in [2.45, 2.75) is 50.9 Å². The van der Waals surface area contributed by atoms with Crippen molar-refractivity contribution in [3.63, 3.8) is 0 Å². The van der Waals surface area contributed by atoms with E-state index < -0.39 is 15.8 Å². The highest BCUT2D eigenvalue weighted by Gasteiger charge is 2.49. The van der Waals surface area contributed by atoms with Gasteiger partial charge >= 0.3 is 0 Å². The van der Waals surface area contributed by atoms with Crippen molar-refractivity contribution in [1.82, 2.24) is 9.62 Å². The highest BCUT2D eigenvalue weighted by atomic mass is 32.2. The summed E-state index contributed by atoms with van der Waals surface area (Å²) >= 11 is 0. The van der Waals surface area contributed by atoms with Crippen LogP contribution in [-0.2, 0) is 24.3 Å². The van der Waals surface area contributed by atoms with Crippen LogP contribution < -0.4 is 5.32 Å². The van der Waals surface area contributed by atoms with E-state index in [1.54, 1.807) is 6.92 Å². The van der Waals surface area contributed by atoms with Gasteiger partial charge in [0.05, 0.1) is 30.9 Å². The molecule has 1 saturated carbocycles.